The smallest absolute Gasteiger partial charge is 0.310 e. The van der Waals surface area contributed by atoms with Crippen LogP contribution in [0.15, 0.2) is 54.7 Å². The van der Waals surface area contributed by atoms with E-state index in [1.807, 2.05) is 0 Å². The van der Waals surface area contributed by atoms with Gasteiger partial charge in [-0.2, -0.15) is 0 Å². The summed E-state index contributed by atoms with van der Waals surface area (Å²) in [4.78, 5) is 48.4. The number of carbonyl (C=O) groups excluding carboxylic acids is 3. The van der Waals surface area contributed by atoms with Crippen molar-refractivity contribution in [1.29, 1.82) is 0 Å². The van der Waals surface area contributed by atoms with Crippen molar-refractivity contribution in [2.45, 2.75) is 13.5 Å². The predicted octanol–water partition coefficient (Wildman–Crippen LogP) is 2.62. The molecule has 141 valence electrons. The topological polar surface area (TPSA) is 83.0 Å². The van der Waals surface area contributed by atoms with Crippen molar-refractivity contribution >= 4 is 24.0 Å². The SMILES string of the molecule is CCN(OC)C(=O)N(C(=O)N(C[C]=O)Cc1ccccn1)c1ccccc1. The van der Waals surface area contributed by atoms with Crippen molar-refractivity contribution in [2.24, 2.45) is 0 Å². The van der Waals surface area contributed by atoms with Gasteiger partial charge in [-0.15, -0.1) is 0 Å². The van der Waals surface area contributed by atoms with E-state index in [0.29, 0.717) is 11.4 Å². The summed E-state index contributed by atoms with van der Waals surface area (Å²) >= 11 is 0. The van der Waals surface area contributed by atoms with Crippen LogP contribution >= 0.6 is 0 Å². The first kappa shape index (κ1) is 20.1. The first-order valence-corrected chi connectivity index (χ1v) is 8.37. The van der Waals surface area contributed by atoms with Gasteiger partial charge in [0, 0.05) is 12.7 Å². The quantitative estimate of drug-likeness (QED) is 0.701. The predicted molar refractivity (Wildman–Crippen MR) is 99.4 cm³/mol. The van der Waals surface area contributed by atoms with Crippen LogP contribution in [0.4, 0.5) is 15.3 Å². The molecule has 0 spiro atoms. The molecule has 1 radical (unpaired) electrons. The summed E-state index contributed by atoms with van der Waals surface area (Å²) in [5.74, 6) is 0. The average Bonchev–Trinajstić information content (AvgIpc) is 2.70. The van der Waals surface area contributed by atoms with Gasteiger partial charge in [0.1, 0.15) is 0 Å². The molecule has 4 amide bonds. The van der Waals surface area contributed by atoms with Crippen molar-refractivity contribution in [3.8, 4) is 0 Å². The molecule has 1 aromatic carbocycles. The summed E-state index contributed by atoms with van der Waals surface area (Å²) in [6, 6.07) is 12.4. The molecule has 1 heterocycles. The van der Waals surface area contributed by atoms with Crippen molar-refractivity contribution in [1.82, 2.24) is 14.9 Å². The Kier molecular flexibility index (Phi) is 7.45. The lowest BCUT2D eigenvalue weighted by Gasteiger charge is -2.31. The van der Waals surface area contributed by atoms with Crippen LogP contribution in [0.25, 0.3) is 0 Å². The fraction of sp³-hybridized carbons (Fsp3) is 0.263. The molecule has 8 heteroatoms. The van der Waals surface area contributed by atoms with Crippen molar-refractivity contribution < 1.29 is 19.2 Å². The number of hydrogen-bond donors (Lipinski definition) is 0. The maximum Gasteiger partial charge on any atom is 0.356 e. The maximum absolute atomic E-state index is 13.2. The molecule has 0 aliphatic heterocycles. The summed E-state index contributed by atoms with van der Waals surface area (Å²) in [6.07, 6.45) is 3.31. The molecule has 0 unspecified atom stereocenters. The van der Waals surface area contributed by atoms with E-state index in [2.05, 4.69) is 4.98 Å². The Morgan fingerprint density at radius 2 is 1.78 bits per heavy atom. The van der Waals surface area contributed by atoms with Gasteiger partial charge in [0.05, 0.1) is 31.6 Å². The van der Waals surface area contributed by atoms with Gasteiger partial charge in [0.2, 0.25) is 6.29 Å². The average molecular weight is 369 g/mol. The van der Waals surface area contributed by atoms with Gasteiger partial charge in [-0.25, -0.2) is 19.6 Å². The molecular formula is C19H21N4O4. The highest BCUT2D eigenvalue weighted by atomic mass is 16.7. The first-order chi connectivity index (χ1) is 13.1. The number of urea groups is 2. The zero-order chi connectivity index (χ0) is 19.6. The minimum atomic E-state index is -0.671. The molecule has 2 aromatic rings. The molecule has 8 nitrogen and oxygen atoms in total. The number of imide groups is 1. The monoisotopic (exact) mass is 369 g/mol. The minimum absolute atomic E-state index is 0.0602. The second kappa shape index (κ2) is 10.0. The number of benzene rings is 1. The molecule has 0 bridgehead atoms. The Bertz CT molecular complexity index is 751. The molecule has 2 rings (SSSR count). The summed E-state index contributed by atoms with van der Waals surface area (Å²) < 4.78 is 0. The van der Waals surface area contributed by atoms with E-state index in [-0.39, 0.29) is 19.6 Å². The molecule has 0 atom stereocenters. The van der Waals surface area contributed by atoms with E-state index >= 15 is 0 Å². The Morgan fingerprint density at radius 3 is 2.33 bits per heavy atom. The van der Waals surface area contributed by atoms with Crippen molar-refractivity contribution in [3.63, 3.8) is 0 Å². The summed E-state index contributed by atoms with van der Waals surface area (Å²) in [5.41, 5.74) is 0.945. The van der Waals surface area contributed by atoms with Crippen molar-refractivity contribution in [2.75, 3.05) is 25.1 Å². The van der Waals surface area contributed by atoms with Gasteiger partial charge in [-0.1, -0.05) is 24.3 Å². The molecule has 0 aliphatic rings. The van der Waals surface area contributed by atoms with E-state index in [0.717, 1.165) is 9.96 Å². The van der Waals surface area contributed by atoms with Crippen LogP contribution in [0.3, 0.4) is 0 Å². The molecule has 27 heavy (non-hydrogen) atoms. The Hall–Kier alpha value is -3.26. The van der Waals surface area contributed by atoms with Gasteiger partial charge in [-0.3, -0.25) is 14.6 Å². The van der Waals surface area contributed by atoms with Gasteiger partial charge >= 0.3 is 12.1 Å². The standard InChI is InChI=1S/C19H21N4O4/c1-3-22(27-2)19(26)23(17-10-5-4-6-11-17)18(25)21(13-14-24)15-16-9-7-8-12-20-16/h4-12H,3,13,15H2,1-2H3. The number of rotatable bonds is 7. The molecule has 0 saturated heterocycles. The largest absolute Gasteiger partial charge is 0.356 e. The van der Waals surface area contributed by atoms with Gasteiger partial charge < -0.3 is 4.90 Å². The lowest BCUT2D eigenvalue weighted by Crippen LogP contribution is -2.51. The van der Waals surface area contributed by atoms with Crippen LogP contribution in [0.2, 0.25) is 0 Å². The second-order valence-electron chi connectivity index (χ2n) is 5.43. The lowest BCUT2D eigenvalue weighted by molar-refractivity contribution is -0.0793. The molecular weight excluding hydrogens is 348 g/mol. The van der Waals surface area contributed by atoms with E-state index < -0.39 is 12.1 Å². The number of anilines is 1. The number of para-hydroxylation sites is 1. The third-order valence-electron chi connectivity index (χ3n) is 3.72. The number of hydroxylamine groups is 2. The van der Waals surface area contributed by atoms with E-state index in [9.17, 15) is 14.4 Å². The van der Waals surface area contributed by atoms with Gasteiger partial charge in [0.15, 0.2) is 0 Å². The number of aromatic nitrogens is 1. The second-order valence-corrected chi connectivity index (χ2v) is 5.43. The zero-order valence-corrected chi connectivity index (χ0v) is 15.2. The number of amides is 4. The molecule has 0 N–H and O–H groups in total. The fourth-order valence-electron chi connectivity index (χ4n) is 2.43. The number of nitrogens with zero attached hydrogens (tertiary/aromatic N) is 4. The Morgan fingerprint density at radius 1 is 1.07 bits per heavy atom. The van der Waals surface area contributed by atoms with Crippen LogP contribution in [-0.2, 0) is 16.2 Å². The summed E-state index contributed by atoms with van der Waals surface area (Å²) in [6.45, 7) is 1.72. The molecule has 0 saturated carbocycles. The van der Waals surface area contributed by atoms with E-state index in [1.54, 1.807) is 67.9 Å². The molecule has 0 fully saturated rings. The third kappa shape index (κ3) is 5.11. The highest BCUT2D eigenvalue weighted by molar-refractivity contribution is 6.13. The van der Waals surface area contributed by atoms with Crippen LogP contribution < -0.4 is 4.90 Å². The maximum atomic E-state index is 13.2. The molecule has 0 aliphatic carbocycles. The highest BCUT2D eigenvalue weighted by Gasteiger charge is 2.31. The normalized spacial score (nSPS) is 10.1. The van der Waals surface area contributed by atoms with Gasteiger partial charge in [0.25, 0.3) is 0 Å². The summed E-state index contributed by atoms with van der Waals surface area (Å²) in [5, 5.41) is 1.05. The van der Waals surface area contributed by atoms with Crippen LogP contribution in [0, 0.1) is 0 Å². The Labute approximate surface area is 157 Å². The zero-order valence-electron chi connectivity index (χ0n) is 15.2. The highest BCUT2D eigenvalue weighted by Crippen LogP contribution is 2.19. The first-order valence-electron chi connectivity index (χ1n) is 8.37. The minimum Gasteiger partial charge on any atom is -0.310 e. The van der Waals surface area contributed by atoms with Crippen molar-refractivity contribution in [3.05, 3.63) is 60.4 Å². The number of pyridine rings is 1. The molecule has 1 aromatic heterocycles. The summed E-state index contributed by atoms with van der Waals surface area (Å²) in [7, 11) is 1.35. The van der Waals surface area contributed by atoms with E-state index in [4.69, 9.17) is 4.84 Å². The third-order valence-corrected chi connectivity index (χ3v) is 3.72. The van der Waals surface area contributed by atoms with Crippen LogP contribution in [0.1, 0.15) is 12.6 Å². The lowest BCUT2D eigenvalue weighted by atomic mass is 10.3. The van der Waals surface area contributed by atoms with Crippen LogP contribution in [-0.4, -0.2) is 53.5 Å². The fourth-order valence-corrected chi connectivity index (χ4v) is 2.43. The number of hydrogen-bond acceptors (Lipinski definition) is 5. The van der Waals surface area contributed by atoms with Gasteiger partial charge in [-0.05, 0) is 31.2 Å². The van der Waals surface area contributed by atoms with Crippen LogP contribution in [0.5, 0.6) is 0 Å². The Balaban J connectivity index is 2.37. The van der Waals surface area contributed by atoms with E-state index in [1.165, 1.54) is 12.0 Å². The number of carbonyl (C=O) groups is 2.